The van der Waals surface area contributed by atoms with E-state index in [1.54, 1.807) is 18.5 Å². The quantitative estimate of drug-likeness (QED) is 0.809. The molecular weight excluding hydrogens is 302 g/mol. The number of hydrogen-bond donors (Lipinski definition) is 0. The van der Waals surface area contributed by atoms with Gasteiger partial charge in [0.15, 0.2) is 5.78 Å². The van der Waals surface area contributed by atoms with Crippen molar-refractivity contribution in [2.45, 2.75) is 13.8 Å². The molecule has 22 heavy (non-hydrogen) atoms. The molecule has 2 rings (SSSR count). The van der Waals surface area contributed by atoms with Gasteiger partial charge in [-0.25, -0.2) is 9.97 Å². The number of aromatic nitrogens is 2. The SMILES string of the molecule is COc1c(C(C)=O)cc(Cl)c(C)c1-c1cnc(N(C)C)nc1. The van der Waals surface area contributed by atoms with Crippen molar-refractivity contribution in [1.82, 2.24) is 9.97 Å². The number of anilines is 1. The van der Waals surface area contributed by atoms with Crippen molar-refractivity contribution in [3.05, 3.63) is 34.6 Å². The van der Waals surface area contributed by atoms with E-state index in [1.165, 1.54) is 14.0 Å². The van der Waals surface area contributed by atoms with Gasteiger partial charge in [0, 0.05) is 42.6 Å². The van der Waals surface area contributed by atoms with E-state index >= 15 is 0 Å². The van der Waals surface area contributed by atoms with Crippen molar-refractivity contribution in [2.75, 3.05) is 26.1 Å². The van der Waals surface area contributed by atoms with E-state index in [0.29, 0.717) is 22.3 Å². The highest BCUT2D eigenvalue weighted by molar-refractivity contribution is 6.32. The highest BCUT2D eigenvalue weighted by Gasteiger charge is 2.20. The number of carbonyl (C=O) groups excluding carboxylic acids is 1. The average Bonchev–Trinajstić information content (AvgIpc) is 2.49. The van der Waals surface area contributed by atoms with Crippen molar-refractivity contribution in [1.29, 1.82) is 0 Å². The summed E-state index contributed by atoms with van der Waals surface area (Å²) in [7, 11) is 5.27. The molecule has 116 valence electrons. The molecule has 1 heterocycles. The van der Waals surface area contributed by atoms with Gasteiger partial charge >= 0.3 is 0 Å². The first-order valence-corrected chi connectivity index (χ1v) is 7.12. The zero-order chi connectivity index (χ0) is 16.4. The summed E-state index contributed by atoms with van der Waals surface area (Å²) in [6.45, 7) is 3.36. The molecule has 0 saturated heterocycles. The lowest BCUT2D eigenvalue weighted by Crippen LogP contribution is -2.12. The summed E-state index contributed by atoms with van der Waals surface area (Å²) < 4.78 is 5.46. The van der Waals surface area contributed by atoms with Gasteiger partial charge < -0.3 is 9.64 Å². The molecule has 0 unspecified atom stereocenters. The maximum absolute atomic E-state index is 11.8. The largest absolute Gasteiger partial charge is 0.495 e. The second kappa shape index (κ2) is 6.32. The van der Waals surface area contributed by atoms with Crippen LogP contribution in [0.4, 0.5) is 5.95 Å². The van der Waals surface area contributed by atoms with Crippen LogP contribution in [0.5, 0.6) is 5.75 Å². The van der Waals surface area contributed by atoms with Crippen LogP contribution in [0, 0.1) is 6.92 Å². The molecule has 0 N–H and O–H groups in total. The Labute approximate surface area is 134 Å². The molecule has 6 heteroatoms. The summed E-state index contributed by atoms with van der Waals surface area (Å²) in [6, 6.07) is 1.64. The molecule has 0 bridgehead atoms. The van der Waals surface area contributed by atoms with E-state index in [4.69, 9.17) is 16.3 Å². The molecule has 0 radical (unpaired) electrons. The van der Waals surface area contributed by atoms with Gasteiger partial charge in [0.05, 0.1) is 12.7 Å². The van der Waals surface area contributed by atoms with Gasteiger partial charge in [-0.05, 0) is 25.5 Å². The number of ketones is 1. The number of ether oxygens (including phenoxy) is 1. The van der Waals surface area contributed by atoms with Gasteiger partial charge in [0.25, 0.3) is 0 Å². The van der Waals surface area contributed by atoms with Crippen LogP contribution in [0.2, 0.25) is 5.02 Å². The molecule has 2 aromatic rings. The second-order valence-electron chi connectivity index (χ2n) is 5.16. The molecule has 1 aromatic carbocycles. The number of carbonyl (C=O) groups is 1. The monoisotopic (exact) mass is 319 g/mol. The summed E-state index contributed by atoms with van der Waals surface area (Å²) in [5.41, 5.74) is 2.77. The molecule has 0 amide bonds. The first kappa shape index (κ1) is 16.2. The fraction of sp³-hybridized carbons (Fsp3) is 0.312. The summed E-state index contributed by atoms with van der Waals surface area (Å²) in [6.07, 6.45) is 3.40. The zero-order valence-electron chi connectivity index (χ0n) is 13.3. The molecular formula is C16H18ClN3O2. The van der Waals surface area contributed by atoms with Crippen LogP contribution in [0.25, 0.3) is 11.1 Å². The normalized spacial score (nSPS) is 10.5. The number of rotatable bonds is 4. The van der Waals surface area contributed by atoms with E-state index in [0.717, 1.165) is 16.7 Å². The number of nitrogens with zero attached hydrogens (tertiary/aromatic N) is 3. The highest BCUT2D eigenvalue weighted by atomic mass is 35.5. The third kappa shape index (κ3) is 2.90. The Hall–Kier alpha value is -2.14. The Morgan fingerprint density at radius 2 is 1.86 bits per heavy atom. The summed E-state index contributed by atoms with van der Waals surface area (Å²) in [5, 5.41) is 0.512. The maximum Gasteiger partial charge on any atom is 0.224 e. The van der Waals surface area contributed by atoms with Crippen LogP contribution >= 0.6 is 11.6 Å². The molecule has 1 aromatic heterocycles. The number of hydrogen-bond acceptors (Lipinski definition) is 5. The Morgan fingerprint density at radius 3 is 2.32 bits per heavy atom. The minimum Gasteiger partial charge on any atom is -0.495 e. The smallest absolute Gasteiger partial charge is 0.224 e. The predicted molar refractivity (Wildman–Crippen MR) is 88.1 cm³/mol. The second-order valence-corrected chi connectivity index (χ2v) is 5.57. The van der Waals surface area contributed by atoms with Crippen LogP contribution in [0.15, 0.2) is 18.5 Å². The van der Waals surface area contributed by atoms with E-state index in [2.05, 4.69) is 9.97 Å². The van der Waals surface area contributed by atoms with E-state index < -0.39 is 0 Å². The summed E-state index contributed by atoms with van der Waals surface area (Å²) in [5.74, 6) is 0.996. The van der Waals surface area contributed by atoms with Gasteiger partial charge in [0.1, 0.15) is 5.75 Å². The molecule has 0 fully saturated rings. The van der Waals surface area contributed by atoms with Crippen LogP contribution < -0.4 is 9.64 Å². The molecule has 0 spiro atoms. The minimum atomic E-state index is -0.106. The lowest BCUT2D eigenvalue weighted by atomic mass is 9.96. The minimum absolute atomic E-state index is 0.106. The van der Waals surface area contributed by atoms with Crippen molar-refractivity contribution in [2.24, 2.45) is 0 Å². The maximum atomic E-state index is 11.8. The van der Waals surface area contributed by atoms with Crippen LogP contribution in [-0.2, 0) is 0 Å². The Bertz CT molecular complexity index is 712. The fourth-order valence-electron chi connectivity index (χ4n) is 2.23. The highest BCUT2D eigenvalue weighted by Crippen LogP contribution is 2.39. The fourth-order valence-corrected chi connectivity index (χ4v) is 2.43. The first-order chi connectivity index (χ1) is 10.4. The molecule has 0 aliphatic carbocycles. The molecule has 0 atom stereocenters. The number of Topliss-reactive ketones (excluding diaryl/α,β-unsaturated/α-hetero) is 1. The third-order valence-electron chi connectivity index (χ3n) is 3.39. The van der Waals surface area contributed by atoms with Crippen LogP contribution in [0.1, 0.15) is 22.8 Å². The zero-order valence-corrected chi connectivity index (χ0v) is 14.0. The third-order valence-corrected chi connectivity index (χ3v) is 3.78. The first-order valence-electron chi connectivity index (χ1n) is 6.74. The van der Waals surface area contributed by atoms with Crippen LogP contribution in [0.3, 0.4) is 0 Å². The lowest BCUT2D eigenvalue weighted by molar-refractivity contribution is 0.101. The standard InChI is InChI=1S/C16H18ClN3O2/c1-9-13(17)6-12(10(2)21)15(22-5)14(9)11-7-18-16(19-8-11)20(3)4/h6-8H,1-5H3. The lowest BCUT2D eigenvalue weighted by Gasteiger charge is -2.17. The summed E-state index contributed by atoms with van der Waals surface area (Å²) >= 11 is 6.27. The molecule has 0 aliphatic heterocycles. The van der Waals surface area contributed by atoms with Crippen LogP contribution in [-0.4, -0.2) is 37.0 Å². The van der Waals surface area contributed by atoms with Gasteiger partial charge in [-0.1, -0.05) is 11.6 Å². The van der Waals surface area contributed by atoms with Crippen molar-refractivity contribution >= 4 is 23.3 Å². The Kier molecular flexibility index (Phi) is 4.66. The van der Waals surface area contributed by atoms with E-state index in [9.17, 15) is 4.79 Å². The average molecular weight is 320 g/mol. The topological polar surface area (TPSA) is 55.3 Å². The van der Waals surface area contributed by atoms with Crippen molar-refractivity contribution in [3.63, 3.8) is 0 Å². The van der Waals surface area contributed by atoms with Gasteiger partial charge in [-0.3, -0.25) is 4.79 Å². The Morgan fingerprint density at radius 1 is 1.27 bits per heavy atom. The molecule has 0 aliphatic rings. The summed E-state index contributed by atoms with van der Waals surface area (Å²) in [4.78, 5) is 22.3. The van der Waals surface area contributed by atoms with E-state index in [-0.39, 0.29) is 5.78 Å². The van der Waals surface area contributed by atoms with Gasteiger partial charge in [-0.15, -0.1) is 0 Å². The van der Waals surface area contributed by atoms with Gasteiger partial charge in [0.2, 0.25) is 5.95 Å². The number of benzene rings is 1. The predicted octanol–water partition coefficient (Wildman–Crippen LogP) is 3.38. The van der Waals surface area contributed by atoms with Crippen molar-refractivity contribution < 1.29 is 9.53 Å². The molecule has 0 saturated carbocycles. The van der Waals surface area contributed by atoms with Crippen molar-refractivity contribution in [3.8, 4) is 16.9 Å². The van der Waals surface area contributed by atoms with Gasteiger partial charge in [-0.2, -0.15) is 0 Å². The molecule has 5 nitrogen and oxygen atoms in total. The Balaban J connectivity index is 2.70. The number of methoxy groups -OCH3 is 1. The van der Waals surface area contributed by atoms with E-state index in [1.807, 2.05) is 25.9 Å². The number of halogens is 1.